The average Bonchev–Trinajstić information content (AvgIpc) is 3.23. The van der Waals surface area contributed by atoms with Gasteiger partial charge in [-0.25, -0.2) is 22.7 Å². The molecule has 9 nitrogen and oxygen atoms in total. The van der Waals surface area contributed by atoms with Crippen LogP contribution in [0.25, 0.3) is 10.9 Å². The molecule has 3 aromatic rings. The molecule has 0 atom stereocenters. The number of nitrogens with one attached hydrogen (secondary N) is 2. The molecule has 0 aliphatic heterocycles. The monoisotopic (exact) mass is 488 g/mol. The van der Waals surface area contributed by atoms with Crippen molar-refractivity contribution in [3.63, 3.8) is 0 Å². The lowest BCUT2D eigenvalue weighted by molar-refractivity contribution is -0.166. The Kier molecular flexibility index (Phi) is 8.67. The number of esters is 2. The Hall–Kier alpha value is -3.37. The number of hydrogen-bond acceptors (Lipinski definition) is 7. The van der Waals surface area contributed by atoms with Crippen LogP contribution in [0.2, 0.25) is 0 Å². The van der Waals surface area contributed by atoms with Gasteiger partial charge >= 0.3 is 11.9 Å². The summed E-state index contributed by atoms with van der Waals surface area (Å²) in [5, 5.41) is 0.814. The van der Waals surface area contributed by atoms with Gasteiger partial charge in [-0.1, -0.05) is 30.3 Å². The molecular formula is C24H28N2O7S. The minimum atomic E-state index is -3.47. The predicted molar refractivity (Wildman–Crippen MR) is 127 cm³/mol. The second-order valence-electron chi connectivity index (χ2n) is 7.42. The maximum Gasteiger partial charge on any atom is 0.359 e. The molecule has 0 bridgehead atoms. The number of H-pyrrole nitrogens is 1. The SMILES string of the molecule is CCOC(=O)C(Oc1ccc2cc(CNS(=O)(=O)CCc3ccccc3)[nH]c2c1)C(=O)OCC. The van der Waals surface area contributed by atoms with E-state index in [9.17, 15) is 18.0 Å². The maximum atomic E-state index is 12.4. The highest BCUT2D eigenvalue weighted by molar-refractivity contribution is 7.89. The molecule has 0 aliphatic carbocycles. The van der Waals surface area contributed by atoms with Gasteiger partial charge in [0.1, 0.15) is 5.75 Å². The van der Waals surface area contributed by atoms with Gasteiger partial charge in [0.15, 0.2) is 0 Å². The van der Waals surface area contributed by atoms with Crippen LogP contribution in [0.5, 0.6) is 5.75 Å². The molecule has 3 rings (SSSR count). The lowest BCUT2D eigenvalue weighted by atomic mass is 10.2. The van der Waals surface area contributed by atoms with Crippen molar-refractivity contribution >= 4 is 32.9 Å². The summed E-state index contributed by atoms with van der Waals surface area (Å²) in [6, 6.07) is 16.2. The smallest absolute Gasteiger partial charge is 0.359 e. The first kappa shape index (κ1) is 25.3. The van der Waals surface area contributed by atoms with Crippen LogP contribution in [0.3, 0.4) is 0 Å². The Morgan fingerprint density at radius 2 is 1.65 bits per heavy atom. The molecule has 34 heavy (non-hydrogen) atoms. The molecule has 0 saturated carbocycles. The molecule has 1 aromatic heterocycles. The molecule has 0 saturated heterocycles. The van der Waals surface area contributed by atoms with E-state index in [1.54, 1.807) is 32.0 Å². The highest BCUT2D eigenvalue weighted by Gasteiger charge is 2.32. The molecule has 0 aliphatic rings. The van der Waals surface area contributed by atoms with E-state index in [1.807, 2.05) is 36.4 Å². The van der Waals surface area contributed by atoms with E-state index in [4.69, 9.17) is 14.2 Å². The van der Waals surface area contributed by atoms with Gasteiger partial charge in [-0.05, 0) is 49.4 Å². The minimum absolute atomic E-state index is 0.0155. The Balaban J connectivity index is 1.65. The van der Waals surface area contributed by atoms with E-state index in [2.05, 4.69) is 9.71 Å². The first-order chi connectivity index (χ1) is 16.3. The summed E-state index contributed by atoms with van der Waals surface area (Å²) in [5.74, 6) is -1.43. The largest absolute Gasteiger partial charge is 0.467 e. The van der Waals surface area contributed by atoms with Gasteiger partial charge in [0, 0.05) is 17.3 Å². The van der Waals surface area contributed by atoms with E-state index in [-0.39, 0.29) is 31.3 Å². The van der Waals surface area contributed by atoms with Crippen LogP contribution in [0, 0.1) is 0 Å². The summed E-state index contributed by atoms with van der Waals surface area (Å²) in [5.41, 5.74) is 2.26. The number of aromatic amines is 1. The molecule has 0 radical (unpaired) electrons. The topological polar surface area (TPSA) is 124 Å². The van der Waals surface area contributed by atoms with Crippen LogP contribution in [-0.2, 0) is 42.1 Å². The van der Waals surface area contributed by atoms with Gasteiger partial charge in [0.05, 0.1) is 25.5 Å². The molecular weight excluding hydrogens is 460 g/mol. The van der Waals surface area contributed by atoms with Crippen LogP contribution in [0.1, 0.15) is 25.1 Å². The van der Waals surface area contributed by atoms with Crippen LogP contribution in [-0.4, -0.2) is 50.4 Å². The van der Waals surface area contributed by atoms with Gasteiger partial charge < -0.3 is 19.2 Å². The van der Waals surface area contributed by atoms with Gasteiger partial charge in [0.2, 0.25) is 10.0 Å². The predicted octanol–water partition coefficient (Wildman–Crippen LogP) is 2.70. The zero-order valence-corrected chi connectivity index (χ0v) is 19.9. The van der Waals surface area contributed by atoms with Crippen molar-refractivity contribution in [1.82, 2.24) is 9.71 Å². The quantitative estimate of drug-likeness (QED) is 0.297. The summed E-state index contributed by atoms with van der Waals surface area (Å²) in [6.45, 7) is 3.54. The molecule has 0 spiro atoms. The van der Waals surface area contributed by atoms with Gasteiger partial charge in [-0.15, -0.1) is 0 Å². The lowest BCUT2D eigenvalue weighted by Gasteiger charge is -2.16. The van der Waals surface area contributed by atoms with E-state index in [0.717, 1.165) is 10.9 Å². The van der Waals surface area contributed by atoms with Crippen molar-refractivity contribution in [3.05, 3.63) is 65.9 Å². The molecule has 10 heteroatoms. The molecule has 2 N–H and O–H groups in total. The number of benzene rings is 2. The number of carbonyl (C=O) groups excluding carboxylic acids is 2. The second kappa shape index (κ2) is 11.7. The van der Waals surface area contributed by atoms with Crippen LogP contribution in [0.4, 0.5) is 0 Å². The van der Waals surface area contributed by atoms with Gasteiger partial charge in [-0.3, -0.25) is 0 Å². The summed E-state index contributed by atoms with van der Waals surface area (Å²) in [7, 11) is -3.47. The van der Waals surface area contributed by atoms with Crippen LogP contribution in [0.15, 0.2) is 54.6 Å². The zero-order chi connectivity index (χ0) is 24.6. The van der Waals surface area contributed by atoms with E-state index < -0.39 is 28.1 Å². The molecule has 0 amide bonds. The summed E-state index contributed by atoms with van der Waals surface area (Å²) < 4.78 is 42.7. The normalized spacial score (nSPS) is 11.5. The highest BCUT2D eigenvalue weighted by atomic mass is 32.2. The Morgan fingerprint density at radius 1 is 0.971 bits per heavy atom. The Labute approximate surface area is 198 Å². The van der Waals surface area contributed by atoms with Crippen molar-refractivity contribution in [2.75, 3.05) is 19.0 Å². The Bertz CT molecular complexity index is 1200. The summed E-state index contributed by atoms with van der Waals surface area (Å²) in [4.78, 5) is 27.4. The lowest BCUT2D eigenvalue weighted by Crippen LogP contribution is -2.38. The third kappa shape index (κ3) is 7.06. The number of aromatic nitrogens is 1. The minimum Gasteiger partial charge on any atom is -0.467 e. The third-order valence-electron chi connectivity index (χ3n) is 4.89. The van der Waals surface area contributed by atoms with E-state index in [1.165, 1.54) is 0 Å². The van der Waals surface area contributed by atoms with E-state index in [0.29, 0.717) is 17.6 Å². The van der Waals surface area contributed by atoms with Crippen molar-refractivity contribution in [2.45, 2.75) is 32.9 Å². The van der Waals surface area contributed by atoms with Crippen molar-refractivity contribution in [1.29, 1.82) is 0 Å². The molecule has 0 unspecified atom stereocenters. The molecule has 1 heterocycles. The summed E-state index contributed by atoms with van der Waals surface area (Å²) in [6.07, 6.45) is -1.12. The third-order valence-corrected chi connectivity index (χ3v) is 6.22. The van der Waals surface area contributed by atoms with Gasteiger partial charge in [0.25, 0.3) is 6.10 Å². The number of hydrogen-bond donors (Lipinski definition) is 2. The van der Waals surface area contributed by atoms with E-state index >= 15 is 0 Å². The average molecular weight is 489 g/mol. The first-order valence-corrected chi connectivity index (χ1v) is 12.6. The molecule has 2 aromatic carbocycles. The first-order valence-electron chi connectivity index (χ1n) is 10.9. The van der Waals surface area contributed by atoms with Crippen molar-refractivity contribution in [2.24, 2.45) is 0 Å². The fraction of sp³-hybridized carbons (Fsp3) is 0.333. The van der Waals surface area contributed by atoms with Crippen molar-refractivity contribution < 1.29 is 32.2 Å². The number of rotatable bonds is 12. The van der Waals surface area contributed by atoms with Crippen LogP contribution >= 0.6 is 0 Å². The number of aryl methyl sites for hydroxylation is 1. The molecule has 0 fully saturated rings. The second-order valence-corrected chi connectivity index (χ2v) is 9.35. The standard InChI is InChI=1S/C24H28N2O7S/c1-3-31-23(27)22(24(28)32-4-2)33-20-11-10-18-14-19(26-21(18)15-20)16-25-34(29,30)13-12-17-8-6-5-7-9-17/h5-11,14-15,22,25-26H,3-4,12-13,16H2,1-2H3. The highest BCUT2D eigenvalue weighted by Crippen LogP contribution is 2.23. The van der Waals surface area contributed by atoms with Crippen LogP contribution < -0.4 is 9.46 Å². The fourth-order valence-electron chi connectivity index (χ4n) is 3.26. The zero-order valence-electron chi connectivity index (χ0n) is 19.1. The summed E-state index contributed by atoms with van der Waals surface area (Å²) >= 11 is 0. The fourth-order valence-corrected chi connectivity index (χ4v) is 4.28. The van der Waals surface area contributed by atoms with Gasteiger partial charge in [-0.2, -0.15) is 0 Å². The number of carbonyl (C=O) groups is 2. The number of ether oxygens (including phenoxy) is 3. The number of fused-ring (bicyclic) bond motifs is 1. The van der Waals surface area contributed by atoms with Crippen molar-refractivity contribution in [3.8, 4) is 5.75 Å². The molecule has 182 valence electrons. The number of sulfonamides is 1. The Morgan fingerprint density at radius 3 is 2.29 bits per heavy atom. The maximum absolute atomic E-state index is 12.4.